The number of carbonyl (C=O) groups is 1. The fraction of sp³-hybridized carbons (Fsp3) is 0.833. The first kappa shape index (κ1) is 6.82. The SMILES string of the molecule is NC(=O)N1CC2(C1)CC2(F)F. The Morgan fingerprint density at radius 3 is 2.18 bits per heavy atom. The van der Waals surface area contributed by atoms with Crippen molar-refractivity contribution in [2.24, 2.45) is 11.1 Å². The molecule has 3 nitrogen and oxygen atoms in total. The third-order valence-electron chi connectivity index (χ3n) is 2.51. The van der Waals surface area contributed by atoms with Crippen molar-refractivity contribution >= 4 is 6.03 Å². The van der Waals surface area contributed by atoms with Gasteiger partial charge in [0.15, 0.2) is 0 Å². The molecule has 0 radical (unpaired) electrons. The number of nitrogens with two attached hydrogens (primary N) is 1. The lowest BCUT2D eigenvalue weighted by molar-refractivity contribution is -0.00339. The first-order valence-electron chi connectivity index (χ1n) is 3.39. The average Bonchev–Trinajstić information content (AvgIpc) is 2.29. The van der Waals surface area contributed by atoms with E-state index in [9.17, 15) is 13.6 Å². The van der Waals surface area contributed by atoms with Gasteiger partial charge in [0.1, 0.15) is 0 Å². The molecule has 2 amide bonds. The number of halogens is 2. The Balaban J connectivity index is 1.95. The topological polar surface area (TPSA) is 46.3 Å². The van der Waals surface area contributed by atoms with Gasteiger partial charge in [-0.15, -0.1) is 0 Å². The average molecular weight is 162 g/mol. The van der Waals surface area contributed by atoms with Crippen molar-refractivity contribution in [3.63, 3.8) is 0 Å². The second-order valence-electron chi connectivity index (χ2n) is 3.36. The molecule has 1 saturated carbocycles. The quantitative estimate of drug-likeness (QED) is 0.550. The van der Waals surface area contributed by atoms with Gasteiger partial charge in [-0.25, -0.2) is 13.6 Å². The number of urea groups is 1. The number of alkyl halides is 2. The van der Waals surface area contributed by atoms with Crippen LogP contribution in [0, 0.1) is 5.41 Å². The molecule has 5 heteroatoms. The van der Waals surface area contributed by atoms with Crippen LogP contribution in [0.2, 0.25) is 0 Å². The summed E-state index contributed by atoms with van der Waals surface area (Å²) in [6, 6.07) is -0.599. The minimum atomic E-state index is -2.54. The van der Waals surface area contributed by atoms with Crippen LogP contribution in [0.15, 0.2) is 0 Å². The van der Waals surface area contributed by atoms with Crippen LogP contribution in [0.5, 0.6) is 0 Å². The highest BCUT2D eigenvalue weighted by atomic mass is 19.3. The monoisotopic (exact) mass is 162 g/mol. The molecule has 2 rings (SSSR count). The minimum Gasteiger partial charge on any atom is -0.351 e. The van der Waals surface area contributed by atoms with E-state index >= 15 is 0 Å². The van der Waals surface area contributed by atoms with Crippen LogP contribution < -0.4 is 5.73 Å². The minimum absolute atomic E-state index is 0.0796. The van der Waals surface area contributed by atoms with Gasteiger partial charge in [0.05, 0.1) is 5.41 Å². The van der Waals surface area contributed by atoms with E-state index in [1.165, 1.54) is 4.90 Å². The number of hydrogen-bond donors (Lipinski definition) is 1. The second kappa shape index (κ2) is 1.49. The molecule has 62 valence electrons. The molecule has 2 N–H and O–H groups in total. The molecule has 11 heavy (non-hydrogen) atoms. The predicted octanol–water partition coefficient (Wildman–Crippen LogP) is 0.406. The van der Waals surface area contributed by atoms with Gasteiger partial charge in [0.2, 0.25) is 0 Å². The maximum atomic E-state index is 12.5. The third-order valence-corrected chi connectivity index (χ3v) is 2.51. The molecular weight excluding hydrogens is 154 g/mol. The molecule has 2 aliphatic rings. The summed E-state index contributed by atoms with van der Waals surface area (Å²) in [5, 5.41) is 0. The van der Waals surface area contributed by atoms with Gasteiger partial charge in [0.25, 0.3) is 5.92 Å². The van der Waals surface area contributed by atoms with E-state index in [2.05, 4.69) is 0 Å². The van der Waals surface area contributed by atoms with Gasteiger partial charge in [-0.1, -0.05) is 0 Å². The Labute approximate surface area is 62.1 Å². The molecule has 1 saturated heterocycles. The zero-order valence-corrected chi connectivity index (χ0v) is 5.81. The van der Waals surface area contributed by atoms with E-state index in [0.717, 1.165) is 0 Å². The molecule has 0 atom stereocenters. The molecular formula is C6H8F2N2O. The number of amides is 2. The Morgan fingerprint density at radius 2 is 1.91 bits per heavy atom. The largest absolute Gasteiger partial charge is 0.351 e. The van der Waals surface area contributed by atoms with Crippen molar-refractivity contribution in [2.75, 3.05) is 13.1 Å². The Hall–Kier alpha value is -0.870. The van der Waals surface area contributed by atoms with E-state index in [0.29, 0.717) is 0 Å². The maximum Gasteiger partial charge on any atom is 0.314 e. The van der Waals surface area contributed by atoms with Crippen LogP contribution in [0.25, 0.3) is 0 Å². The highest BCUT2D eigenvalue weighted by Gasteiger charge is 2.76. The summed E-state index contributed by atoms with van der Waals surface area (Å²) in [5.74, 6) is -2.54. The van der Waals surface area contributed by atoms with Crippen LogP contribution >= 0.6 is 0 Å². The van der Waals surface area contributed by atoms with E-state index in [1.54, 1.807) is 0 Å². The second-order valence-corrected chi connectivity index (χ2v) is 3.36. The lowest BCUT2D eigenvalue weighted by Crippen LogP contribution is -2.55. The summed E-state index contributed by atoms with van der Waals surface area (Å²) < 4.78 is 25.0. The number of likely N-dealkylation sites (tertiary alicyclic amines) is 1. The van der Waals surface area contributed by atoms with Crippen molar-refractivity contribution < 1.29 is 13.6 Å². The standard InChI is InChI=1S/C6H8F2N2O/c7-6(8)1-5(6)2-10(3-5)4(9)11/h1-3H2,(H2,9,11). The number of carbonyl (C=O) groups excluding carboxylic acids is 1. The molecule has 1 aliphatic carbocycles. The predicted molar refractivity (Wildman–Crippen MR) is 33.2 cm³/mol. The van der Waals surface area contributed by atoms with Crippen LogP contribution in [-0.2, 0) is 0 Å². The summed E-state index contributed by atoms with van der Waals surface area (Å²) in [6.07, 6.45) is -0.0796. The van der Waals surface area contributed by atoms with Crippen molar-refractivity contribution in [3.8, 4) is 0 Å². The Bertz CT molecular complexity index is 223. The molecule has 0 unspecified atom stereocenters. The van der Waals surface area contributed by atoms with Crippen molar-refractivity contribution in [2.45, 2.75) is 12.3 Å². The van der Waals surface area contributed by atoms with Crippen LogP contribution in [0.4, 0.5) is 13.6 Å². The molecule has 1 heterocycles. The van der Waals surface area contributed by atoms with Gasteiger partial charge >= 0.3 is 6.03 Å². The summed E-state index contributed by atoms with van der Waals surface area (Å²) in [5.41, 5.74) is 3.99. The summed E-state index contributed by atoms with van der Waals surface area (Å²) >= 11 is 0. The molecule has 1 spiro atoms. The van der Waals surface area contributed by atoms with Gasteiger partial charge in [-0.2, -0.15) is 0 Å². The molecule has 0 aromatic carbocycles. The summed E-state index contributed by atoms with van der Waals surface area (Å²) in [6.45, 7) is 0.269. The van der Waals surface area contributed by atoms with Crippen molar-refractivity contribution in [1.82, 2.24) is 4.90 Å². The number of primary amides is 1. The molecule has 2 fully saturated rings. The van der Waals surface area contributed by atoms with E-state index in [-0.39, 0.29) is 19.5 Å². The highest BCUT2D eigenvalue weighted by Crippen LogP contribution is 2.65. The number of rotatable bonds is 0. The van der Waals surface area contributed by atoms with E-state index in [4.69, 9.17) is 5.73 Å². The summed E-state index contributed by atoms with van der Waals surface area (Å²) in [7, 11) is 0. The van der Waals surface area contributed by atoms with Crippen LogP contribution in [-0.4, -0.2) is 29.9 Å². The summed E-state index contributed by atoms with van der Waals surface area (Å²) in [4.78, 5) is 11.6. The van der Waals surface area contributed by atoms with Gasteiger partial charge in [-0.05, 0) is 0 Å². The number of nitrogens with zero attached hydrogens (tertiary/aromatic N) is 1. The van der Waals surface area contributed by atoms with E-state index < -0.39 is 17.4 Å². The molecule has 0 aromatic heterocycles. The van der Waals surface area contributed by atoms with Crippen LogP contribution in [0.3, 0.4) is 0 Å². The fourth-order valence-corrected chi connectivity index (χ4v) is 1.56. The normalized spacial score (nSPS) is 29.8. The smallest absolute Gasteiger partial charge is 0.314 e. The highest BCUT2D eigenvalue weighted by molar-refractivity contribution is 5.73. The maximum absolute atomic E-state index is 12.5. The van der Waals surface area contributed by atoms with Crippen molar-refractivity contribution in [3.05, 3.63) is 0 Å². The first-order chi connectivity index (χ1) is 4.97. The van der Waals surface area contributed by atoms with Crippen molar-refractivity contribution in [1.29, 1.82) is 0 Å². The van der Waals surface area contributed by atoms with Gasteiger partial charge in [-0.3, -0.25) is 0 Å². The fourth-order valence-electron chi connectivity index (χ4n) is 1.56. The molecule has 0 bridgehead atoms. The van der Waals surface area contributed by atoms with Crippen LogP contribution in [0.1, 0.15) is 6.42 Å². The Morgan fingerprint density at radius 1 is 1.45 bits per heavy atom. The van der Waals surface area contributed by atoms with Gasteiger partial charge < -0.3 is 10.6 Å². The third kappa shape index (κ3) is 0.680. The zero-order chi connectivity index (χ0) is 8.28. The number of hydrogen-bond acceptors (Lipinski definition) is 1. The molecule has 0 aromatic rings. The Kier molecular flexibility index (Phi) is 0.923. The van der Waals surface area contributed by atoms with E-state index in [1.807, 2.05) is 0 Å². The lowest BCUT2D eigenvalue weighted by Gasteiger charge is -2.38. The lowest BCUT2D eigenvalue weighted by atomic mass is 9.97. The zero-order valence-electron chi connectivity index (χ0n) is 5.81. The first-order valence-corrected chi connectivity index (χ1v) is 3.39. The molecule has 1 aliphatic heterocycles. The van der Waals surface area contributed by atoms with Gasteiger partial charge in [0, 0.05) is 19.5 Å².